The summed E-state index contributed by atoms with van der Waals surface area (Å²) in [6.07, 6.45) is 0.270. The Morgan fingerprint density at radius 2 is 2.11 bits per heavy atom. The summed E-state index contributed by atoms with van der Waals surface area (Å²) >= 11 is 0. The Morgan fingerprint density at radius 3 is 2.61 bits per heavy atom. The van der Waals surface area contributed by atoms with Crippen molar-refractivity contribution in [1.29, 1.82) is 0 Å². The molecule has 1 atom stereocenters. The number of rotatable bonds is 1. The van der Waals surface area contributed by atoms with Gasteiger partial charge in [0.15, 0.2) is 0 Å². The van der Waals surface area contributed by atoms with E-state index in [-0.39, 0.29) is 12.1 Å². The van der Waals surface area contributed by atoms with Crippen molar-refractivity contribution in [1.82, 2.24) is 4.90 Å². The Morgan fingerprint density at radius 1 is 1.50 bits per heavy atom. The quantitative estimate of drug-likeness (QED) is 0.674. The maximum absolute atomic E-state index is 12.2. The molecule has 1 unspecified atom stereocenters. The third-order valence-corrected chi connectivity index (χ3v) is 2.68. The van der Waals surface area contributed by atoms with Crippen molar-refractivity contribution in [2.75, 3.05) is 6.61 Å². The first-order chi connectivity index (χ1) is 8.17. The molecule has 0 N–H and O–H groups in total. The average Bonchev–Trinajstić information content (AvgIpc) is 2.48. The molecule has 1 aliphatic rings. The molecule has 1 rings (SSSR count). The topological polar surface area (TPSA) is 38.8 Å². The van der Waals surface area contributed by atoms with E-state index in [1.54, 1.807) is 11.8 Å². The van der Waals surface area contributed by atoms with Crippen LogP contribution in [0, 0.1) is 11.8 Å². The third kappa shape index (κ3) is 3.64. The van der Waals surface area contributed by atoms with Crippen molar-refractivity contribution in [3.63, 3.8) is 0 Å². The van der Waals surface area contributed by atoms with Gasteiger partial charge in [-0.3, -0.25) is 4.90 Å². The number of ether oxygens (including phenoxy) is 2. The second kappa shape index (κ2) is 5.19. The van der Waals surface area contributed by atoms with E-state index in [2.05, 4.69) is 11.8 Å². The normalized spacial score (nSPS) is 22.3. The molecule has 0 bridgehead atoms. The molecule has 0 saturated carbocycles. The number of carbonyl (C=O) groups excluding carboxylic acids is 1. The molecule has 0 aromatic heterocycles. The minimum absolute atomic E-state index is 0.0395. The highest BCUT2D eigenvalue weighted by atomic mass is 16.6. The molecule has 18 heavy (non-hydrogen) atoms. The smallest absolute Gasteiger partial charge is 0.412 e. The van der Waals surface area contributed by atoms with E-state index in [4.69, 9.17) is 9.47 Å². The van der Waals surface area contributed by atoms with Gasteiger partial charge in [-0.15, -0.1) is 11.8 Å². The van der Waals surface area contributed by atoms with Crippen molar-refractivity contribution in [2.24, 2.45) is 0 Å². The van der Waals surface area contributed by atoms with E-state index >= 15 is 0 Å². The van der Waals surface area contributed by atoms with Gasteiger partial charge < -0.3 is 9.47 Å². The molecule has 1 fully saturated rings. The van der Waals surface area contributed by atoms with E-state index in [0.29, 0.717) is 13.0 Å². The predicted octanol–water partition coefficient (Wildman–Crippen LogP) is 2.77. The summed E-state index contributed by atoms with van der Waals surface area (Å²) in [6, 6.07) is -0.0395. The van der Waals surface area contributed by atoms with Crippen LogP contribution in [0.5, 0.6) is 0 Å². The van der Waals surface area contributed by atoms with Crippen LogP contribution >= 0.6 is 0 Å². The molecule has 0 radical (unpaired) electrons. The largest absolute Gasteiger partial charge is 0.444 e. The maximum Gasteiger partial charge on any atom is 0.412 e. The van der Waals surface area contributed by atoms with E-state index in [1.807, 2.05) is 34.6 Å². The first-order valence-electron chi connectivity index (χ1n) is 6.23. The SMILES string of the molecule is CC#CCC1COC(C)(C)N1C(=O)OC(C)(C)C. The number of carbonyl (C=O) groups is 1. The van der Waals surface area contributed by atoms with Crippen LogP contribution in [0.4, 0.5) is 4.79 Å². The molecular formula is C14H23NO3. The van der Waals surface area contributed by atoms with Crippen LogP contribution in [-0.4, -0.2) is 35.0 Å². The van der Waals surface area contributed by atoms with E-state index in [9.17, 15) is 4.79 Å². The Kier molecular flexibility index (Phi) is 4.28. The lowest BCUT2D eigenvalue weighted by molar-refractivity contribution is -0.0622. The molecular weight excluding hydrogens is 230 g/mol. The fourth-order valence-electron chi connectivity index (χ4n) is 1.93. The molecule has 0 aromatic rings. The second-order valence-corrected chi connectivity index (χ2v) is 5.89. The third-order valence-electron chi connectivity index (χ3n) is 2.68. The Balaban J connectivity index is 2.83. The molecule has 102 valence electrons. The second-order valence-electron chi connectivity index (χ2n) is 5.89. The highest BCUT2D eigenvalue weighted by Crippen LogP contribution is 2.30. The zero-order valence-corrected chi connectivity index (χ0v) is 12.2. The number of hydrogen-bond acceptors (Lipinski definition) is 3. The van der Waals surface area contributed by atoms with Gasteiger partial charge in [0.25, 0.3) is 0 Å². The first-order valence-corrected chi connectivity index (χ1v) is 6.23. The summed E-state index contributed by atoms with van der Waals surface area (Å²) in [6.45, 7) is 11.6. The number of amides is 1. The molecule has 0 aromatic carbocycles. The minimum atomic E-state index is -0.636. The van der Waals surface area contributed by atoms with Gasteiger partial charge in [0.1, 0.15) is 11.3 Å². The van der Waals surface area contributed by atoms with Gasteiger partial charge in [-0.05, 0) is 41.5 Å². The van der Waals surface area contributed by atoms with Crippen LogP contribution in [0.1, 0.15) is 48.0 Å². The lowest BCUT2D eigenvalue weighted by atomic mass is 10.1. The summed E-state index contributed by atoms with van der Waals surface area (Å²) in [5.74, 6) is 5.84. The summed E-state index contributed by atoms with van der Waals surface area (Å²) in [4.78, 5) is 13.9. The summed E-state index contributed by atoms with van der Waals surface area (Å²) in [7, 11) is 0. The zero-order valence-electron chi connectivity index (χ0n) is 12.2. The van der Waals surface area contributed by atoms with Crippen molar-refractivity contribution in [3.8, 4) is 11.8 Å². The molecule has 1 heterocycles. The van der Waals surface area contributed by atoms with Crippen LogP contribution in [-0.2, 0) is 9.47 Å². The van der Waals surface area contributed by atoms with E-state index in [1.165, 1.54) is 0 Å². The molecule has 1 saturated heterocycles. The Bertz CT molecular complexity index is 371. The molecule has 4 nitrogen and oxygen atoms in total. The van der Waals surface area contributed by atoms with Crippen molar-refractivity contribution in [2.45, 2.75) is 65.3 Å². The van der Waals surface area contributed by atoms with Crippen LogP contribution in [0.2, 0.25) is 0 Å². The van der Waals surface area contributed by atoms with Crippen LogP contribution in [0.15, 0.2) is 0 Å². The van der Waals surface area contributed by atoms with Gasteiger partial charge in [0.05, 0.1) is 12.6 Å². The summed E-state index contributed by atoms with van der Waals surface area (Å²) in [5.41, 5.74) is -1.14. The van der Waals surface area contributed by atoms with Crippen molar-refractivity contribution >= 4 is 6.09 Å². The minimum Gasteiger partial charge on any atom is -0.444 e. The van der Waals surface area contributed by atoms with Crippen molar-refractivity contribution < 1.29 is 14.3 Å². The fraction of sp³-hybridized carbons (Fsp3) is 0.786. The lowest BCUT2D eigenvalue weighted by Crippen LogP contribution is -2.49. The van der Waals surface area contributed by atoms with E-state index < -0.39 is 11.3 Å². The first kappa shape index (κ1) is 14.8. The molecule has 0 aliphatic carbocycles. The predicted molar refractivity (Wildman–Crippen MR) is 70.0 cm³/mol. The molecule has 1 aliphatic heterocycles. The maximum atomic E-state index is 12.2. The van der Waals surface area contributed by atoms with Crippen LogP contribution in [0.25, 0.3) is 0 Å². The Labute approximate surface area is 110 Å². The van der Waals surface area contributed by atoms with Crippen molar-refractivity contribution in [3.05, 3.63) is 0 Å². The highest BCUT2D eigenvalue weighted by molar-refractivity contribution is 5.69. The van der Waals surface area contributed by atoms with Gasteiger partial charge in [-0.1, -0.05) is 0 Å². The Hall–Kier alpha value is -1.21. The monoisotopic (exact) mass is 253 g/mol. The van der Waals surface area contributed by atoms with E-state index in [0.717, 1.165) is 0 Å². The highest BCUT2D eigenvalue weighted by Gasteiger charge is 2.45. The average molecular weight is 253 g/mol. The van der Waals surface area contributed by atoms with Gasteiger partial charge in [0, 0.05) is 6.42 Å². The van der Waals surface area contributed by atoms with Gasteiger partial charge >= 0.3 is 6.09 Å². The molecule has 0 spiro atoms. The summed E-state index contributed by atoms with van der Waals surface area (Å²) in [5, 5.41) is 0. The summed E-state index contributed by atoms with van der Waals surface area (Å²) < 4.78 is 11.1. The number of hydrogen-bond donors (Lipinski definition) is 0. The molecule has 1 amide bonds. The van der Waals surface area contributed by atoms with Gasteiger partial charge in [-0.25, -0.2) is 4.79 Å². The van der Waals surface area contributed by atoms with Gasteiger partial charge in [-0.2, -0.15) is 0 Å². The fourth-order valence-corrected chi connectivity index (χ4v) is 1.93. The zero-order chi connectivity index (χ0) is 14.0. The van der Waals surface area contributed by atoms with Crippen LogP contribution < -0.4 is 0 Å². The van der Waals surface area contributed by atoms with Crippen LogP contribution in [0.3, 0.4) is 0 Å². The number of nitrogens with zero attached hydrogens (tertiary/aromatic N) is 1. The van der Waals surface area contributed by atoms with Gasteiger partial charge in [0.2, 0.25) is 0 Å². The molecule has 4 heteroatoms. The standard InChI is InChI=1S/C14H23NO3/c1-7-8-9-11-10-17-14(5,6)15(11)12(16)18-13(2,3)4/h11H,9-10H2,1-6H3. The lowest BCUT2D eigenvalue weighted by Gasteiger charge is -2.34.